The van der Waals surface area contributed by atoms with Crippen molar-refractivity contribution in [3.8, 4) is 0 Å². The van der Waals surface area contributed by atoms with E-state index in [4.69, 9.17) is 18.9 Å². The van der Waals surface area contributed by atoms with E-state index < -0.39 is 126 Å². The molecule has 1 unspecified atom stereocenters. The van der Waals surface area contributed by atoms with E-state index in [1.165, 1.54) is 67.1 Å². The Balaban J connectivity index is 1.08. The minimum absolute atomic E-state index is 0.271. The van der Waals surface area contributed by atoms with E-state index in [1.54, 1.807) is 27.7 Å². The maximum Gasteiger partial charge on any atom is 0.311 e. The summed E-state index contributed by atoms with van der Waals surface area (Å²) in [6.45, 7) is 6.91. The quantitative estimate of drug-likeness (QED) is 0.0296. The van der Waals surface area contributed by atoms with E-state index in [0.29, 0.717) is 22.5 Å². The highest BCUT2D eigenvalue weighted by Crippen LogP contribution is 2.77. The number of carbonyl (C=O) groups is 8. The molecule has 0 aliphatic carbocycles. The summed E-state index contributed by atoms with van der Waals surface area (Å²) < 4.78 is 22.3. The Bertz CT molecular complexity index is 4130. The molecule has 102 heavy (non-hydrogen) atoms. The van der Waals surface area contributed by atoms with Gasteiger partial charge in [-0.3, -0.25) is 58.0 Å². The molecule has 8 atom stereocenters. The van der Waals surface area contributed by atoms with Crippen molar-refractivity contribution in [2.45, 2.75) is 108 Å². The zero-order chi connectivity index (χ0) is 71.8. The average molecular weight is 1440 g/mol. The lowest BCUT2D eigenvalue weighted by atomic mass is 9.54. The summed E-state index contributed by atoms with van der Waals surface area (Å²) in [6.07, 6.45) is -3.30. The fourth-order valence-corrected chi connectivity index (χ4v) is 24.2. The number of piperazine rings is 2. The number of rotatable bonds is 21. The number of hydrogen-bond donors (Lipinski definition) is 2. The van der Waals surface area contributed by atoms with Crippen LogP contribution in [0.4, 0.5) is 11.4 Å². The Morgan fingerprint density at radius 2 is 0.686 bits per heavy atom. The highest BCUT2D eigenvalue weighted by Gasteiger charge is 2.87. The van der Waals surface area contributed by atoms with Crippen molar-refractivity contribution in [1.82, 2.24) is 19.6 Å². The second kappa shape index (κ2) is 26.4. The highest BCUT2D eigenvalue weighted by molar-refractivity contribution is 8.78. The van der Waals surface area contributed by atoms with Gasteiger partial charge in [0.25, 0.3) is 23.6 Å². The summed E-state index contributed by atoms with van der Waals surface area (Å²) in [5, 5.41) is 7.69. The zero-order valence-electron chi connectivity index (χ0n) is 57.4. The molecule has 6 heterocycles. The number of para-hydroxylation sites is 2. The zero-order valence-corrected chi connectivity index (χ0v) is 60.7. The van der Waals surface area contributed by atoms with Gasteiger partial charge in [0, 0.05) is 52.2 Å². The van der Waals surface area contributed by atoms with E-state index in [2.05, 4.69) is 10.6 Å². The topological polar surface area (TPSA) is 210 Å². The maximum absolute atomic E-state index is 17.6. The van der Waals surface area contributed by atoms with Crippen LogP contribution in [0.5, 0.6) is 0 Å². The molecule has 22 heteroatoms. The Labute approximate surface area is 608 Å². The van der Waals surface area contributed by atoms with Crippen LogP contribution in [-0.2, 0) is 77.6 Å². The molecule has 4 fully saturated rings. The van der Waals surface area contributed by atoms with E-state index in [-0.39, 0.29) is 12.8 Å². The van der Waals surface area contributed by atoms with Crippen LogP contribution >= 0.6 is 43.2 Å². The fraction of sp³-hybridized carbons (Fsp3) is 0.300. The van der Waals surface area contributed by atoms with Gasteiger partial charge in [-0.25, -0.2) is 0 Å². The molecule has 14 rings (SSSR count). The lowest BCUT2D eigenvalue weighted by Gasteiger charge is -2.53. The van der Waals surface area contributed by atoms with Crippen LogP contribution in [0.25, 0.3) is 0 Å². The number of amides is 4. The molecule has 4 amide bonds. The molecule has 8 aromatic carbocycles. The van der Waals surface area contributed by atoms with Crippen molar-refractivity contribution in [1.29, 1.82) is 0 Å². The van der Waals surface area contributed by atoms with Gasteiger partial charge in [-0.1, -0.05) is 289 Å². The normalized spacial score (nSPS) is 25.4. The first-order valence-electron chi connectivity index (χ1n) is 33.8. The number of likely N-dealkylation sites (N-methyl/N-ethyl adjacent to an activating group) is 2. The van der Waals surface area contributed by atoms with E-state index in [9.17, 15) is 19.2 Å². The van der Waals surface area contributed by atoms with Gasteiger partial charge in [-0.15, -0.1) is 0 Å². The minimum Gasteiger partial charge on any atom is -0.459 e. The van der Waals surface area contributed by atoms with Crippen molar-refractivity contribution in [3.05, 3.63) is 275 Å². The molecule has 4 saturated heterocycles. The van der Waals surface area contributed by atoms with Gasteiger partial charge in [-0.2, -0.15) is 0 Å². The number of esters is 4. The summed E-state index contributed by atoms with van der Waals surface area (Å²) in [7, 11) is 7.88. The number of benzene rings is 8. The lowest BCUT2D eigenvalue weighted by molar-refractivity contribution is -0.223. The van der Waals surface area contributed by atoms with Gasteiger partial charge >= 0.3 is 35.3 Å². The summed E-state index contributed by atoms with van der Waals surface area (Å²) in [4.78, 5) is 127. The Morgan fingerprint density at radius 1 is 0.422 bits per heavy atom. The fourth-order valence-electron chi connectivity index (χ4n) is 16.2. The highest BCUT2D eigenvalue weighted by atomic mass is 33.1. The van der Waals surface area contributed by atoms with Crippen molar-refractivity contribution < 1.29 is 57.3 Å². The molecule has 0 aromatic heterocycles. The molecule has 0 spiro atoms. The first kappa shape index (κ1) is 69.6. The van der Waals surface area contributed by atoms with Crippen LogP contribution in [-0.4, -0.2) is 128 Å². The molecule has 522 valence electrons. The molecule has 18 nitrogen and oxygen atoms in total. The Kier molecular flexibility index (Phi) is 18.0. The number of hydrogen-bond acceptors (Lipinski definition) is 18. The van der Waals surface area contributed by atoms with Crippen LogP contribution in [0, 0.1) is 11.8 Å². The predicted molar refractivity (Wildman–Crippen MR) is 394 cm³/mol. The van der Waals surface area contributed by atoms with Crippen molar-refractivity contribution in [2.75, 3.05) is 37.9 Å². The monoisotopic (exact) mass is 1440 g/mol. The third-order valence-electron chi connectivity index (χ3n) is 21.0. The van der Waals surface area contributed by atoms with Crippen LogP contribution in [0.2, 0.25) is 0 Å². The number of fused-ring (bicyclic) bond motifs is 11. The third kappa shape index (κ3) is 10.3. The third-order valence-corrected chi connectivity index (χ3v) is 28.4. The SMILES string of the molecule is CC(=O)OC[C@@]1(OC(=O)C(C)C)C(=O)N2[C@H]3Nc4ccccc4[C@@]3([C@]34C[C@]5(SSC(c6ccccc6)(c6ccccc6)c6ccccc6)C(=O)N(C)[C@](COC(C)=O)(OC(=O)C(C)C)C(=O)N5[C@H]3Nc3ccccc34)CC2(SSC(c2ccccc2)(c2ccccc2)c2ccccc2)C(=O)N1C. The van der Waals surface area contributed by atoms with Gasteiger partial charge < -0.3 is 29.6 Å². The average Bonchev–Trinajstić information content (AvgIpc) is 1.46. The Morgan fingerprint density at radius 3 is 0.951 bits per heavy atom. The number of nitrogens with one attached hydrogen (secondary N) is 2. The smallest absolute Gasteiger partial charge is 0.311 e. The van der Waals surface area contributed by atoms with Crippen LogP contribution < -0.4 is 10.6 Å². The van der Waals surface area contributed by atoms with Crippen molar-refractivity contribution in [2.24, 2.45) is 11.8 Å². The van der Waals surface area contributed by atoms with Gasteiger partial charge in [0.1, 0.15) is 21.8 Å². The predicted octanol–water partition coefficient (Wildman–Crippen LogP) is 12.8. The van der Waals surface area contributed by atoms with Gasteiger partial charge in [-0.05, 0) is 56.6 Å². The second-order valence-electron chi connectivity index (χ2n) is 27.3. The lowest BCUT2D eigenvalue weighted by Crippen LogP contribution is -2.77. The van der Waals surface area contributed by atoms with E-state index in [0.717, 1.165) is 57.0 Å². The van der Waals surface area contributed by atoms with Gasteiger partial charge in [0.05, 0.1) is 22.7 Å². The molecule has 0 radical (unpaired) electrons. The molecule has 2 N–H and O–H groups in total. The standard InChI is InChI=1S/C80H76N6O12S4/c1-51(2)65(89)97-75(49-95-53(5)87)69(91)85-67-73(61-43-27-29-45-63(61)81-67,47-77(85,71(93)83(75)7)99-101-79(55-31-15-9-16-32-55,56-33-17-10-18-34-56)57-35-19-11-20-36-57)74-48-78(100-102-80(58-37-21-12-22-38-58,59-39-23-13-24-40-59)60-41-25-14-26-42-60)72(94)84(8)76(50-96-54(6)88,98-66(90)52(3)4)70(92)86(78)68(74)82-64-46-30-28-44-62(64)74/h9-46,51-52,67-68,81-82H,47-50H2,1-8H3/t67-,68-,73+,74+,75-,76-,77+,78?/m1/s1. The molecular weight excluding hydrogens is 1370 g/mol. The molecule has 0 bridgehead atoms. The molecule has 8 aromatic rings. The van der Waals surface area contributed by atoms with E-state index in [1.807, 2.05) is 231 Å². The second-order valence-corrected chi connectivity index (χ2v) is 32.5. The molecule has 6 aliphatic heterocycles. The van der Waals surface area contributed by atoms with Crippen LogP contribution in [0.1, 0.15) is 98.9 Å². The summed E-state index contributed by atoms with van der Waals surface area (Å²) in [6, 6.07) is 74.5. The van der Waals surface area contributed by atoms with Crippen LogP contribution in [0.15, 0.2) is 231 Å². The molecule has 0 saturated carbocycles. The van der Waals surface area contributed by atoms with Gasteiger partial charge in [0.15, 0.2) is 23.0 Å². The van der Waals surface area contributed by atoms with Crippen molar-refractivity contribution >= 4 is 102 Å². The van der Waals surface area contributed by atoms with Crippen molar-refractivity contribution in [3.63, 3.8) is 0 Å². The van der Waals surface area contributed by atoms with E-state index >= 15 is 19.2 Å². The number of anilines is 2. The molecular formula is C80H76N6O12S4. The first-order valence-corrected chi connectivity index (χ1v) is 38.1. The Hall–Kier alpha value is -9.48. The van der Waals surface area contributed by atoms with Gasteiger partial charge in [0.2, 0.25) is 0 Å². The number of nitrogens with zero attached hydrogens (tertiary/aromatic N) is 4. The first-order chi connectivity index (χ1) is 49.1. The minimum atomic E-state index is -2.63. The maximum atomic E-state index is 17.6. The number of ether oxygens (including phenoxy) is 4. The summed E-state index contributed by atoms with van der Waals surface area (Å²) in [5.74, 6) is -8.27. The largest absolute Gasteiger partial charge is 0.459 e. The number of carbonyl (C=O) groups excluding carboxylic acids is 8. The summed E-state index contributed by atoms with van der Waals surface area (Å²) in [5.41, 5.74) is -1.36. The summed E-state index contributed by atoms with van der Waals surface area (Å²) >= 11 is 0. The van der Waals surface area contributed by atoms with Crippen LogP contribution in [0.3, 0.4) is 0 Å². The molecule has 6 aliphatic rings.